The van der Waals surface area contributed by atoms with Crippen LogP contribution in [0.25, 0.3) is 0 Å². The lowest BCUT2D eigenvalue weighted by Gasteiger charge is -2.22. The highest BCUT2D eigenvalue weighted by Crippen LogP contribution is 2.34. The van der Waals surface area contributed by atoms with Crippen molar-refractivity contribution in [2.75, 3.05) is 0 Å². The summed E-state index contributed by atoms with van der Waals surface area (Å²) in [4.78, 5) is 41.6. The minimum Gasteiger partial charge on any atom is -0.326 e. The molecule has 9 heteroatoms. The number of imidazole rings is 2. The van der Waals surface area contributed by atoms with E-state index in [1.807, 2.05) is 84.8 Å². The molecule has 0 amide bonds. The van der Waals surface area contributed by atoms with Crippen LogP contribution >= 0.6 is 11.6 Å². The minimum atomic E-state index is -0.0350. The summed E-state index contributed by atoms with van der Waals surface area (Å²) in [6.07, 6.45) is 12.6. The van der Waals surface area contributed by atoms with Crippen LogP contribution in [-0.2, 0) is 22.4 Å². The number of benzene rings is 4. The van der Waals surface area contributed by atoms with Gasteiger partial charge >= 0.3 is 0 Å². The standard InChI is InChI=1S/C21H19N3O.C20H16ClN3O/c1-2-18-20(25)13-17-12-16(8-9-19(17)23-18)21(24-11-10-22-14-24)15-6-4-3-5-7-15;1-13-19(25)11-16-10-15(4-7-18(16)23-13)20(24-9-8-22-12-24)14-2-5-17(21)6-3-14/h3-12,14,21H,2,13H2,1H3;2-10,12,20H,11H2,1H3. The van der Waals surface area contributed by atoms with Crippen molar-refractivity contribution in [1.82, 2.24) is 19.1 Å². The topological polar surface area (TPSA) is 94.5 Å². The highest BCUT2D eigenvalue weighted by molar-refractivity contribution is 6.41. The predicted octanol–water partition coefficient (Wildman–Crippen LogP) is 8.52. The molecule has 0 saturated carbocycles. The molecule has 8 nitrogen and oxygen atoms in total. The lowest BCUT2D eigenvalue weighted by molar-refractivity contribution is -0.113. The van der Waals surface area contributed by atoms with Gasteiger partial charge in [0.2, 0.25) is 0 Å². The van der Waals surface area contributed by atoms with E-state index in [2.05, 4.69) is 60.9 Å². The molecule has 0 N–H and O–H groups in total. The largest absolute Gasteiger partial charge is 0.326 e. The average molecular weight is 679 g/mol. The van der Waals surface area contributed by atoms with Crippen LogP contribution < -0.4 is 0 Å². The van der Waals surface area contributed by atoms with Crippen LogP contribution in [0, 0.1) is 0 Å². The zero-order valence-corrected chi connectivity index (χ0v) is 28.5. The van der Waals surface area contributed by atoms with Crippen molar-refractivity contribution in [2.24, 2.45) is 9.98 Å². The Bertz CT molecular complexity index is 2210. The summed E-state index contributed by atoms with van der Waals surface area (Å²) in [5.74, 6) is 0.210. The zero-order valence-electron chi connectivity index (χ0n) is 27.8. The fourth-order valence-corrected chi connectivity index (χ4v) is 6.68. The maximum atomic E-state index is 12.2. The second-order valence-electron chi connectivity index (χ2n) is 12.4. The number of carbonyl (C=O) groups excluding carboxylic acids is 2. The van der Waals surface area contributed by atoms with Gasteiger partial charge in [0.05, 0.1) is 47.5 Å². The SMILES string of the molecule is CC1=Nc2ccc(C(c3ccc(Cl)cc3)n3ccnc3)cc2CC1=O.CCC1=Nc2ccc(C(c3ccccc3)n3ccnc3)cc2CC1=O. The maximum Gasteiger partial charge on any atom is 0.181 e. The first kappa shape index (κ1) is 32.8. The Morgan fingerprint density at radius 1 is 0.660 bits per heavy atom. The molecule has 4 heterocycles. The molecule has 248 valence electrons. The van der Waals surface area contributed by atoms with Crippen LogP contribution in [0.15, 0.2) is 138 Å². The van der Waals surface area contributed by atoms with Gasteiger partial charge in [0.15, 0.2) is 11.6 Å². The van der Waals surface area contributed by atoms with Gasteiger partial charge in [-0.15, -0.1) is 0 Å². The molecule has 2 unspecified atom stereocenters. The van der Waals surface area contributed by atoms with E-state index in [1.165, 1.54) is 5.56 Å². The summed E-state index contributed by atoms with van der Waals surface area (Å²) in [6, 6.07) is 30.5. The molecule has 6 aromatic rings. The van der Waals surface area contributed by atoms with Crippen molar-refractivity contribution in [3.8, 4) is 0 Å². The molecule has 0 radical (unpaired) electrons. The molecular weight excluding hydrogens is 644 g/mol. The Morgan fingerprint density at radius 2 is 1.18 bits per heavy atom. The Labute approximate surface area is 295 Å². The fourth-order valence-electron chi connectivity index (χ4n) is 6.55. The van der Waals surface area contributed by atoms with Crippen LogP contribution in [0.1, 0.15) is 65.7 Å². The Morgan fingerprint density at radius 3 is 1.72 bits per heavy atom. The van der Waals surface area contributed by atoms with E-state index in [1.54, 1.807) is 25.6 Å². The number of halogens is 1. The van der Waals surface area contributed by atoms with E-state index in [-0.39, 0.29) is 23.7 Å². The number of aromatic nitrogens is 4. The van der Waals surface area contributed by atoms with Gasteiger partial charge in [0, 0.05) is 42.7 Å². The molecule has 0 aliphatic carbocycles. The summed E-state index contributed by atoms with van der Waals surface area (Å²) < 4.78 is 4.13. The highest BCUT2D eigenvalue weighted by Gasteiger charge is 2.23. The quantitative estimate of drug-likeness (QED) is 0.169. The second-order valence-corrected chi connectivity index (χ2v) is 12.8. The second kappa shape index (κ2) is 14.4. The predicted molar refractivity (Wildman–Crippen MR) is 197 cm³/mol. The lowest BCUT2D eigenvalue weighted by atomic mass is 9.92. The van der Waals surface area contributed by atoms with Gasteiger partial charge in [0.25, 0.3) is 0 Å². The van der Waals surface area contributed by atoms with E-state index in [0.29, 0.717) is 35.7 Å². The summed E-state index contributed by atoms with van der Waals surface area (Å²) >= 11 is 6.04. The van der Waals surface area contributed by atoms with Gasteiger partial charge in [-0.3, -0.25) is 9.59 Å². The summed E-state index contributed by atoms with van der Waals surface area (Å²) in [6.45, 7) is 3.74. The molecular formula is C41H35ClN6O2. The first-order chi connectivity index (χ1) is 24.4. The molecule has 4 aromatic carbocycles. The summed E-state index contributed by atoms with van der Waals surface area (Å²) in [5.41, 5.74) is 9.50. The van der Waals surface area contributed by atoms with Crippen LogP contribution in [0.5, 0.6) is 0 Å². The van der Waals surface area contributed by atoms with Crippen molar-refractivity contribution in [3.63, 3.8) is 0 Å². The Balaban J connectivity index is 0.000000157. The highest BCUT2D eigenvalue weighted by atomic mass is 35.5. The first-order valence-electron chi connectivity index (χ1n) is 16.6. The number of aliphatic imine (C=N–C) groups is 2. The minimum absolute atomic E-state index is 0.0284. The van der Waals surface area contributed by atoms with E-state index < -0.39 is 0 Å². The van der Waals surface area contributed by atoms with Gasteiger partial charge in [-0.1, -0.05) is 85.3 Å². The Kier molecular flexibility index (Phi) is 9.45. The van der Waals surface area contributed by atoms with Gasteiger partial charge < -0.3 is 9.13 Å². The fraction of sp³-hybridized carbons (Fsp3) is 0.171. The number of ketones is 2. The normalized spacial score (nSPS) is 14.8. The van der Waals surface area contributed by atoms with Crippen LogP contribution in [-0.4, -0.2) is 42.1 Å². The van der Waals surface area contributed by atoms with Crippen molar-refractivity contribution < 1.29 is 9.59 Å². The van der Waals surface area contributed by atoms with E-state index >= 15 is 0 Å². The van der Waals surface area contributed by atoms with Crippen molar-refractivity contribution in [2.45, 2.75) is 45.2 Å². The molecule has 8 rings (SSSR count). The van der Waals surface area contributed by atoms with E-state index in [9.17, 15) is 9.59 Å². The molecule has 50 heavy (non-hydrogen) atoms. The van der Waals surface area contributed by atoms with Crippen molar-refractivity contribution in [1.29, 1.82) is 0 Å². The van der Waals surface area contributed by atoms with E-state index in [0.717, 1.165) is 39.2 Å². The van der Waals surface area contributed by atoms with Gasteiger partial charge in [-0.25, -0.2) is 20.0 Å². The van der Waals surface area contributed by atoms with Crippen molar-refractivity contribution in [3.05, 3.63) is 167 Å². The van der Waals surface area contributed by atoms with Crippen LogP contribution in [0.4, 0.5) is 11.4 Å². The first-order valence-corrected chi connectivity index (χ1v) is 17.0. The molecule has 0 spiro atoms. The third kappa shape index (κ3) is 6.88. The third-order valence-electron chi connectivity index (χ3n) is 9.09. The van der Waals surface area contributed by atoms with E-state index in [4.69, 9.17) is 11.6 Å². The number of hydrogen-bond acceptors (Lipinski definition) is 6. The molecule has 2 atom stereocenters. The molecule has 2 aliphatic rings. The van der Waals surface area contributed by atoms with Gasteiger partial charge in [-0.2, -0.15) is 0 Å². The van der Waals surface area contributed by atoms with Crippen molar-refractivity contribution >= 4 is 46.0 Å². The molecule has 2 aromatic heterocycles. The number of nitrogens with zero attached hydrogens (tertiary/aromatic N) is 6. The number of fused-ring (bicyclic) bond motifs is 2. The number of carbonyl (C=O) groups is 2. The smallest absolute Gasteiger partial charge is 0.181 e. The number of hydrogen-bond donors (Lipinski definition) is 0. The molecule has 2 aliphatic heterocycles. The van der Waals surface area contributed by atoms with Gasteiger partial charge in [0.1, 0.15) is 0 Å². The molecule has 0 fully saturated rings. The summed E-state index contributed by atoms with van der Waals surface area (Å²) in [7, 11) is 0. The maximum absolute atomic E-state index is 12.2. The number of Topliss-reactive ketones (excluding diaryl/α,β-unsaturated/α-hetero) is 2. The average Bonchev–Trinajstić information content (AvgIpc) is 3.86. The monoisotopic (exact) mass is 678 g/mol. The number of rotatable bonds is 7. The molecule has 0 bridgehead atoms. The van der Waals surface area contributed by atoms with Gasteiger partial charge in [-0.05, 0) is 71.0 Å². The summed E-state index contributed by atoms with van der Waals surface area (Å²) in [5, 5.41) is 0.703. The zero-order chi connectivity index (χ0) is 34.6. The third-order valence-corrected chi connectivity index (χ3v) is 9.34. The Hall–Kier alpha value is -5.73. The molecule has 0 saturated heterocycles. The van der Waals surface area contributed by atoms with Crippen LogP contribution in [0.2, 0.25) is 5.02 Å². The lowest BCUT2D eigenvalue weighted by Crippen LogP contribution is -2.19. The van der Waals surface area contributed by atoms with Crippen LogP contribution in [0.3, 0.4) is 0 Å².